The second-order valence-electron chi connectivity index (χ2n) is 6.45. The van der Waals surface area contributed by atoms with Crippen LogP contribution in [0.3, 0.4) is 0 Å². The minimum absolute atomic E-state index is 0.0698. The van der Waals surface area contributed by atoms with Gasteiger partial charge in [0.05, 0.1) is 23.2 Å². The lowest BCUT2D eigenvalue weighted by Crippen LogP contribution is -2.30. The zero-order chi connectivity index (χ0) is 22.3. The van der Waals surface area contributed by atoms with Gasteiger partial charge in [-0.05, 0) is 42.0 Å². The summed E-state index contributed by atoms with van der Waals surface area (Å²) in [6, 6.07) is 11.0. The molecule has 0 atom stereocenters. The zero-order valence-electron chi connectivity index (χ0n) is 16.1. The van der Waals surface area contributed by atoms with Gasteiger partial charge in [-0.2, -0.15) is 13.2 Å². The Labute approximate surface area is 177 Å². The molecule has 0 saturated carbocycles. The van der Waals surface area contributed by atoms with Crippen molar-refractivity contribution in [1.29, 1.82) is 0 Å². The minimum Gasteiger partial charge on any atom is -0.367 e. The highest BCUT2D eigenvalue weighted by Crippen LogP contribution is 2.29. The first-order valence-electron chi connectivity index (χ1n) is 9.09. The van der Waals surface area contributed by atoms with Gasteiger partial charge in [-0.15, -0.1) is 10.2 Å². The van der Waals surface area contributed by atoms with Crippen molar-refractivity contribution in [2.75, 3.05) is 23.7 Å². The molecule has 0 unspecified atom stereocenters. The van der Waals surface area contributed by atoms with Crippen LogP contribution in [0.1, 0.15) is 11.1 Å². The molecule has 3 aromatic rings. The van der Waals surface area contributed by atoms with E-state index in [0.717, 1.165) is 30.0 Å². The van der Waals surface area contributed by atoms with E-state index in [1.54, 1.807) is 30.6 Å². The van der Waals surface area contributed by atoms with Crippen molar-refractivity contribution in [3.63, 3.8) is 0 Å². The monoisotopic (exact) mass is 452 g/mol. The van der Waals surface area contributed by atoms with Gasteiger partial charge in [0.15, 0.2) is 5.82 Å². The van der Waals surface area contributed by atoms with E-state index in [9.17, 15) is 21.6 Å². The molecule has 0 aliphatic heterocycles. The summed E-state index contributed by atoms with van der Waals surface area (Å²) >= 11 is 0. The highest BCUT2D eigenvalue weighted by atomic mass is 32.2. The lowest BCUT2D eigenvalue weighted by molar-refractivity contribution is -0.137. The van der Waals surface area contributed by atoms with Crippen LogP contribution < -0.4 is 15.4 Å². The number of alkyl halides is 3. The summed E-state index contributed by atoms with van der Waals surface area (Å²) in [5.74, 6) is 0.564. The van der Waals surface area contributed by atoms with Crippen molar-refractivity contribution >= 4 is 27.3 Å². The molecule has 3 rings (SSSR count). The molecule has 2 heterocycles. The van der Waals surface area contributed by atoms with Crippen molar-refractivity contribution in [2.24, 2.45) is 0 Å². The van der Waals surface area contributed by atoms with Crippen LogP contribution in [0.15, 0.2) is 60.9 Å². The lowest BCUT2D eigenvalue weighted by atomic mass is 10.1. The maximum absolute atomic E-state index is 12.6. The maximum atomic E-state index is 12.6. The van der Waals surface area contributed by atoms with Crippen LogP contribution in [-0.4, -0.2) is 36.7 Å². The van der Waals surface area contributed by atoms with Crippen LogP contribution in [0.5, 0.6) is 0 Å². The fourth-order valence-electron chi connectivity index (χ4n) is 2.54. The first-order valence-corrected chi connectivity index (χ1v) is 10.7. The highest BCUT2D eigenvalue weighted by molar-refractivity contribution is 7.88. The van der Waals surface area contributed by atoms with Gasteiger partial charge in [0, 0.05) is 19.3 Å². The van der Waals surface area contributed by atoms with Crippen molar-refractivity contribution in [2.45, 2.75) is 11.9 Å². The van der Waals surface area contributed by atoms with Gasteiger partial charge in [-0.1, -0.05) is 12.1 Å². The molecule has 0 spiro atoms. The van der Waals surface area contributed by atoms with E-state index < -0.39 is 27.5 Å². The molecule has 1 aromatic carbocycles. The molecule has 0 bridgehead atoms. The number of hydrogen-bond donors (Lipinski definition) is 3. The normalized spacial score (nSPS) is 11.8. The van der Waals surface area contributed by atoms with Crippen LogP contribution in [-0.2, 0) is 22.0 Å². The number of aromatic nitrogens is 3. The number of hydrogen-bond acceptors (Lipinski definition) is 7. The number of halogens is 3. The molecule has 8 nitrogen and oxygen atoms in total. The molecule has 0 saturated heterocycles. The first-order chi connectivity index (χ1) is 14.7. The number of sulfonamides is 1. The number of anilines is 3. The van der Waals surface area contributed by atoms with E-state index in [1.807, 2.05) is 6.07 Å². The van der Waals surface area contributed by atoms with Crippen LogP contribution in [0.25, 0.3) is 0 Å². The molecule has 0 radical (unpaired) electrons. The molecule has 164 valence electrons. The van der Waals surface area contributed by atoms with Gasteiger partial charge in [0.25, 0.3) is 0 Å². The second kappa shape index (κ2) is 9.71. The second-order valence-corrected chi connectivity index (χ2v) is 8.25. The van der Waals surface area contributed by atoms with E-state index in [-0.39, 0.29) is 18.7 Å². The van der Waals surface area contributed by atoms with Gasteiger partial charge in [-0.25, -0.2) is 13.1 Å². The average Bonchev–Trinajstić information content (AvgIpc) is 2.73. The minimum atomic E-state index is -4.46. The molecular formula is C19H19F3N6O2S. The first kappa shape index (κ1) is 22.4. The van der Waals surface area contributed by atoms with Gasteiger partial charge >= 0.3 is 6.18 Å². The Morgan fingerprint density at radius 3 is 2.23 bits per heavy atom. The molecule has 0 amide bonds. The van der Waals surface area contributed by atoms with Gasteiger partial charge < -0.3 is 10.6 Å². The quantitative estimate of drug-likeness (QED) is 0.428. The molecule has 3 N–H and O–H groups in total. The summed E-state index contributed by atoms with van der Waals surface area (Å²) in [6.45, 7) is 0.316. The number of nitrogens with zero attached hydrogens (tertiary/aromatic N) is 3. The smallest absolute Gasteiger partial charge is 0.367 e. The lowest BCUT2D eigenvalue weighted by Gasteiger charge is -2.10. The van der Waals surface area contributed by atoms with E-state index in [4.69, 9.17) is 0 Å². The highest BCUT2D eigenvalue weighted by Gasteiger charge is 2.30. The maximum Gasteiger partial charge on any atom is 0.416 e. The van der Waals surface area contributed by atoms with Crippen LogP contribution in [0.4, 0.5) is 30.5 Å². The Kier molecular flexibility index (Phi) is 7.02. The fourth-order valence-corrected chi connectivity index (χ4v) is 3.68. The molecular weight excluding hydrogens is 433 g/mol. The van der Waals surface area contributed by atoms with Crippen molar-refractivity contribution in [3.05, 3.63) is 72.1 Å². The molecule has 0 fully saturated rings. The third kappa shape index (κ3) is 7.19. The van der Waals surface area contributed by atoms with Crippen LogP contribution in [0.2, 0.25) is 0 Å². The number of pyridine rings is 1. The van der Waals surface area contributed by atoms with Crippen molar-refractivity contribution < 1.29 is 21.6 Å². The Hall–Kier alpha value is -3.25. The van der Waals surface area contributed by atoms with Crippen molar-refractivity contribution in [1.82, 2.24) is 19.9 Å². The van der Waals surface area contributed by atoms with Crippen molar-refractivity contribution in [3.8, 4) is 0 Å². The third-order valence-corrected chi connectivity index (χ3v) is 5.35. The average molecular weight is 452 g/mol. The number of nitrogens with one attached hydrogen (secondary N) is 3. The standard InChI is InChI=1S/C19H19F3N6O2S/c20-19(21,22)15-5-3-14(4-6-15)13-31(29,30)25-11-10-24-17-7-8-18(28-27-17)26-16-2-1-9-23-12-16/h1-9,12,25H,10-11,13H2,(H,24,27)(H,26,28). The van der Waals surface area contributed by atoms with E-state index >= 15 is 0 Å². The molecule has 0 aliphatic rings. The van der Waals surface area contributed by atoms with Gasteiger partial charge in [0.2, 0.25) is 10.0 Å². The zero-order valence-corrected chi connectivity index (χ0v) is 16.9. The predicted molar refractivity (Wildman–Crippen MR) is 110 cm³/mol. The Morgan fingerprint density at radius 2 is 1.61 bits per heavy atom. The Balaban J connectivity index is 1.43. The summed E-state index contributed by atoms with van der Waals surface area (Å²) < 4.78 is 64.3. The molecule has 31 heavy (non-hydrogen) atoms. The largest absolute Gasteiger partial charge is 0.416 e. The summed E-state index contributed by atoms with van der Waals surface area (Å²) in [4.78, 5) is 3.98. The van der Waals surface area contributed by atoms with Gasteiger partial charge in [0.1, 0.15) is 5.82 Å². The van der Waals surface area contributed by atoms with Gasteiger partial charge in [-0.3, -0.25) is 4.98 Å². The topological polar surface area (TPSA) is 109 Å². The summed E-state index contributed by atoms with van der Waals surface area (Å²) in [5, 5.41) is 14.0. The van der Waals surface area contributed by atoms with E-state index in [0.29, 0.717) is 11.6 Å². The number of rotatable bonds is 9. The third-order valence-electron chi connectivity index (χ3n) is 3.99. The molecule has 0 aliphatic carbocycles. The Morgan fingerprint density at radius 1 is 0.903 bits per heavy atom. The van der Waals surface area contributed by atoms with E-state index in [2.05, 4.69) is 30.5 Å². The summed E-state index contributed by atoms with van der Waals surface area (Å²) in [5.41, 5.74) is 0.199. The van der Waals surface area contributed by atoms with Crippen LogP contribution >= 0.6 is 0 Å². The molecule has 12 heteroatoms. The summed E-state index contributed by atoms with van der Waals surface area (Å²) in [7, 11) is -3.70. The van der Waals surface area contributed by atoms with Crippen LogP contribution in [0, 0.1) is 0 Å². The number of benzene rings is 1. The predicted octanol–water partition coefficient (Wildman–Crippen LogP) is 3.17. The Bertz CT molecular complexity index is 1080. The molecule has 2 aromatic heterocycles. The SMILES string of the molecule is O=S(=O)(Cc1ccc(C(F)(F)F)cc1)NCCNc1ccc(Nc2cccnc2)nn1. The summed E-state index contributed by atoms with van der Waals surface area (Å²) in [6.07, 6.45) is -1.16. The van der Waals surface area contributed by atoms with E-state index in [1.165, 1.54) is 0 Å². The fraction of sp³-hybridized carbons (Fsp3) is 0.211.